The zero-order valence-electron chi connectivity index (χ0n) is 8.74. The highest BCUT2D eigenvalue weighted by Crippen LogP contribution is 2.34. The highest BCUT2D eigenvalue weighted by Gasteiger charge is 2.32. The van der Waals surface area contributed by atoms with Gasteiger partial charge in [-0.05, 0) is 6.07 Å². The van der Waals surface area contributed by atoms with Crippen molar-refractivity contribution in [2.45, 2.75) is 4.90 Å². The number of fused-ring (bicyclic) bond motifs is 1. The molecule has 1 amide bonds. The molecule has 0 saturated heterocycles. The first kappa shape index (κ1) is 13.6. The number of carbonyl (C=O) groups excluding carboxylic acids is 2. The molecule has 0 aliphatic carbocycles. The lowest BCUT2D eigenvalue weighted by molar-refractivity contribution is -0.112. The van der Waals surface area contributed by atoms with Crippen molar-refractivity contribution in [3.8, 4) is 5.75 Å². The van der Waals surface area contributed by atoms with Crippen molar-refractivity contribution >= 4 is 38.9 Å². The third kappa shape index (κ3) is 2.49. The fourth-order valence-corrected chi connectivity index (χ4v) is 2.44. The van der Waals surface area contributed by atoms with Crippen molar-refractivity contribution in [1.82, 2.24) is 0 Å². The Hall–Kier alpha value is -1.82. The van der Waals surface area contributed by atoms with Gasteiger partial charge in [-0.2, -0.15) is 0 Å². The van der Waals surface area contributed by atoms with Crippen LogP contribution in [0.4, 0.5) is 5.69 Å². The monoisotopic (exact) mass is 305 g/mol. The Balaban J connectivity index is 2.71. The summed E-state index contributed by atoms with van der Waals surface area (Å²) < 4.78 is 57.9. The van der Waals surface area contributed by atoms with Crippen LogP contribution >= 0.6 is 0 Å². The molecule has 102 valence electrons. The predicted octanol–water partition coefficient (Wildman–Crippen LogP) is -1.10. The van der Waals surface area contributed by atoms with E-state index in [-0.39, 0.29) is 0 Å². The Morgan fingerprint density at radius 3 is 2.42 bits per heavy atom. The van der Waals surface area contributed by atoms with E-state index in [1.165, 1.54) is 0 Å². The SMILES string of the molecule is O=C1Nc2c(cc(OS(=O)[O-])cc2S(=O)(=O)[O-])C1=O. The van der Waals surface area contributed by atoms with Crippen LogP contribution in [-0.4, -0.2) is 33.4 Å². The van der Waals surface area contributed by atoms with Gasteiger partial charge < -0.3 is 18.6 Å². The highest BCUT2D eigenvalue weighted by atomic mass is 32.2. The fourth-order valence-electron chi connectivity index (χ4n) is 1.51. The van der Waals surface area contributed by atoms with E-state index in [4.69, 9.17) is 0 Å². The predicted molar refractivity (Wildman–Crippen MR) is 56.9 cm³/mol. The van der Waals surface area contributed by atoms with Gasteiger partial charge >= 0.3 is 0 Å². The number of amides is 1. The van der Waals surface area contributed by atoms with E-state index >= 15 is 0 Å². The maximum atomic E-state index is 11.4. The molecule has 1 aliphatic heterocycles. The largest absolute Gasteiger partial charge is 0.744 e. The molecule has 0 radical (unpaired) electrons. The van der Waals surface area contributed by atoms with Gasteiger partial charge in [0.2, 0.25) is 0 Å². The molecule has 2 rings (SSSR count). The lowest BCUT2D eigenvalue weighted by atomic mass is 10.1. The topological polar surface area (TPSA) is 153 Å². The number of nitrogens with one attached hydrogen (secondary N) is 1. The van der Waals surface area contributed by atoms with Crippen molar-refractivity contribution in [3.05, 3.63) is 17.7 Å². The molecule has 0 fully saturated rings. The summed E-state index contributed by atoms with van der Waals surface area (Å²) in [4.78, 5) is 21.6. The molecule has 1 heterocycles. The molecular formula is C8H3NO8S2-2. The number of rotatable bonds is 3. The van der Waals surface area contributed by atoms with Gasteiger partial charge in [0.05, 0.1) is 16.1 Å². The summed E-state index contributed by atoms with van der Waals surface area (Å²) in [5.74, 6) is -2.78. The van der Waals surface area contributed by atoms with Gasteiger partial charge in [-0.25, -0.2) is 12.6 Å². The number of Topliss-reactive ketones (excluding diaryl/α,β-unsaturated/α-hetero) is 1. The maximum Gasteiger partial charge on any atom is 0.296 e. The smallest absolute Gasteiger partial charge is 0.296 e. The minimum absolute atomic E-state index is 0.442. The van der Waals surface area contributed by atoms with Gasteiger partial charge in [0.1, 0.15) is 27.2 Å². The Kier molecular flexibility index (Phi) is 3.14. The number of hydrogen-bond acceptors (Lipinski definition) is 8. The average Bonchev–Trinajstić information content (AvgIpc) is 2.53. The Morgan fingerprint density at radius 2 is 1.89 bits per heavy atom. The Labute approximate surface area is 108 Å². The van der Waals surface area contributed by atoms with Crippen LogP contribution in [0.25, 0.3) is 0 Å². The molecular weight excluding hydrogens is 302 g/mol. The molecule has 1 aliphatic rings. The summed E-state index contributed by atoms with van der Waals surface area (Å²) in [5.41, 5.74) is -0.920. The zero-order valence-corrected chi connectivity index (χ0v) is 10.4. The molecule has 11 heteroatoms. The molecule has 1 N–H and O–H groups in total. The van der Waals surface area contributed by atoms with Crippen molar-refractivity contribution in [1.29, 1.82) is 0 Å². The second kappa shape index (κ2) is 4.38. The van der Waals surface area contributed by atoms with Gasteiger partial charge in [-0.1, -0.05) is 0 Å². The zero-order chi connectivity index (χ0) is 14.4. The van der Waals surface area contributed by atoms with Crippen LogP contribution in [0, 0.1) is 0 Å². The molecule has 0 spiro atoms. The van der Waals surface area contributed by atoms with Gasteiger partial charge in [-0.3, -0.25) is 9.59 Å². The van der Waals surface area contributed by atoms with Gasteiger partial charge in [-0.15, -0.1) is 0 Å². The van der Waals surface area contributed by atoms with Crippen LogP contribution in [0.5, 0.6) is 5.75 Å². The van der Waals surface area contributed by atoms with Crippen LogP contribution in [0.1, 0.15) is 10.4 Å². The lowest BCUT2D eigenvalue weighted by Gasteiger charge is -2.14. The Bertz CT molecular complexity index is 723. The number of carbonyl (C=O) groups is 2. The van der Waals surface area contributed by atoms with Crippen molar-refractivity contribution in [2.24, 2.45) is 0 Å². The third-order valence-electron chi connectivity index (χ3n) is 2.20. The fraction of sp³-hybridized carbons (Fsp3) is 0. The lowest BCUT2D eigenvalue weighted by Crippen LogP contribution is -2.12. The second-order valence-electron chi connectivity index (χ2n) is 3.37. The van der Waals surface area contributed by atoms with E-state index in [1.807, 2.05) is 5.32 Å². The van der Waals surface area contributed by atoms with E-state index in [0.717, 1.165) is 6.07 Å². The molecule has 1 atom stereocenters. The van der Waals surface area contributed by atoms with Gasteiger partial charge in [0, 0.05) is 6.07 Å². The highest BCUT2D eigenvalue weighted by molar-refractivity contribution is 7.86. The molecule has 0 saturated carbocycles. The van der Waals surface area contributed by atoms with Crippen molar-refractivity contribution < 1.29 is 35.5 Å². The van der Waals surface area contributed by atoms with Crippen LogP contribution in [0.2, 0.25) is 0 Å². The standard InChI is InChI=1S/C8H5NO8S2/c10-7-4-1-3(17-18(12)13)2-5(19(14,15)16)6(4)9-8(7)11/h1-2H,(H,12,13)(H,9,10,11)(H,14,15,16)/p-2. The molecule has 1 aromatic rings. The molecule has 0 bridgehead atoms. The molecule has 1 aromatic carbocycles. The third-order valence-corrected chi connectivity index (χ3v) is 3.39. The normalized spacial score (nSPS) is 15.9. The van der Waals surface area contributed by atoms with Crippen molar-refractivity contribution in [2.75, 3.05) is 5.32 Å². The quantitative estimate of drug-likeness (QED) is 0.419. The summed E-state index contributed by atoms with van der Waals surface area (Å²) in [6.45, 7) is 0. The van der Waals surface area contributed by atoms with Crippen LogP contribution < -0.4 is 9.50 Å². The number of hydrogen-bond donors (Lipinski definition) is 1. The molecule has 1 unspecified atom stereocenters. The summed E-state index contributed by atoms with van der Waals surface area (Å²) in [6, 6.07) is 1.45. The van der Waals surface area contributed by atoms with Crippen molar-refractivity contribution in [3.63, 3.8) is 0 Å². The van der Waals surface area contributed by atoms with E-state index in [9.17, 15) is 31.3 Å². The first-order valence-corrected chi connectivity index (χ1v) is 6.88. The van der Waals surface area contributed by atoms with Crippen LogP contribution in [0.3, 0.4) is 0 Å². The summed E-state index contributed by atoms with van der Waals surface area (Å²) >= 11 is -3.03. The minimum Gasteiger partial charge on any atom is -0.744 e. The Morgan fingerprint density at radius 1 is 1.26 bits per heavy atom. The van der Waals surface area contributed by atoms with Gasteiger partial charge in [0.15, 0.2) is 0 Å². The van der Waals surface area contributed by atoms with E-state index < -0.39 is 55.1 Å². The number of ketones is 1. The first-order valence-electron chi connectivity index (χ1n) is 4.47. The number of anilines is 1. The van der Waals surface area contributed by atoms with Crippen LogP contribution in [0.15, 0.2) is 17.0 Å². The second-order valence-corrected chi connectivity index (χ2v) is 5.29. The first-order chi connectivity index (χ1) is 8.70. The summed E-state index contributed by atoms with van der Waals surface area (Å²) in [6.07, 6.45) is 0. The summed E-state index contributed by atoms with van der Waals surface area (Å²) in [7, 11) is -5.03. The number of benzene rings is 1. The van der Waals surface area contributed by atoms with E-state index in [2.05, 4.69) is 4.18 Å². The average molecular weight is 305 g/mol. The molecule has 0 aromatic heterocycles. The minimum atomic E-state index is -5.03. The maximum absolute atomic E-state index is 11.4. The summed E-state index contributed by atoms with van der Waals surface area (Å²) in [5, 5.41) is 1.93. The van der Waals surface area contributed by atoms with E-state index in [0.29, 0.717) is 6.07 Å². The molecule has 9 nitrogen and oxygen atoms in total. The van der Waals surface area contributed by atoms with E-state index in [1.54, 1.807) is 0 Å². The van der Waals surface area contributed by atoms with Crippen LogP contribution in [-0.2, 0) is 26.3 Å². The molecule has 19 heavy (non-hydrogen) atoms. The van der Waals surface area contributed by atoms with Gasteiger partial charge in [0.25, 0.3) is 11.7 Å².